The van der Waals surface area contributed by atoms with Crippen molar-refractivity contribution in [2.75, 3.05) is 0 Å². The summed E-state index contributed by atoms with van der Waals surface area (Å²) in [4.78, 5) is 0. The second kappa shape index (κ2) is 2.08. The number of rotatable bonds is 0. The standard InChI is InChI=1S/C11H19P/c1-10-3-8-2-9(4-10)6-11(12,5-8)7-10/h8-9H,2-7,12H2,1H3. The van der Waals surface area contributed by atoms with Crippen molar-refractivity contribution in [1.29, 1.82) is 0 Å². The summed E-state index contributed by atoms with van der Waals surface area (Å²) in [7, 11) is 3.19. The molecule has 12 heavy (non-hydrogen) atoms. The molecule has 3 unspecified atom stereocenters. The van der Waals surface area contributed by atoms with Gasteiger partial charge in [-0.25, -0.2) is 0 Å². The van der Waals surface area contributed by atoms with Crippen LogP contribution >= 0.6 is 9.24 Å². The van der Waals surface area contributed by atoms with Gasteiger partial charge in [-0.3, -0.25) is 0 Å². The molecule has 4 aliphatic rings. The van der Waals surface area contributed by atoms with Gasteiger partial charge in [-0.1, -0.05) is 6.92 Å². The van der Waals surface area contributed by atoms with Crippen LogP contribution in [0.1, 0.15) is 45.4 Å². The van der Waals surface area contributed by atoms with Gasteiger partial charge in [0.25, 0.3) is 0 Å². The minimum Gasteiger partial charge on any atom is -0.131 e. The molecule has 0 spiro atoms. The zero-order valence-corrected chi connectivity index (χ0v) is 9.13. The summed E-state index contributed by atoms with van der Waals surface area (Å²) < 4.78 is 0. The quantitative estimate of drug-likeness (QED) is 0.504. The highest BCUT2D eigenvalue weighted by atomic mass is 31.0. The van der Waals surface area contributed by atoms with E-state index in [2.05, 4.69) is 16.2 Å². The Kier molecular flexibility index (Phi) is 1.35. The number of hydrogen-bond acceptors (Lipinski definition) is 0. The number of hydrogen-bond donors (Lipinski definition) is 0. The third-order valence-electron chi connectivity index (χ3n) is 4.40. The fourth-order valence-corrected chi connectivity index (χ4v) is 5.96. The van der Waals surface area contributed by atoms with E-state index in [-0.39, 0.29) is 0 Å². The van der Waals surface area contributed by atoms with Gasteiger partial charge in [0.05, 0.1) is 0 Å². The van der Waals surface area contributed by atoms with Crippen molar-refractivity contribution in [1.82, 2.24) is 0 Å². The lowest BCUT2D eigenvalue weighted by Crippen LogP contribution is -2.51. The minimum atomic E-state index is 0.679. The maximum atomic E-state index is 3.19. The van der Waals surface area contributed by atoms with Crippen molar-refractivity contribution >= 4 is 9.24 Å². The molecular formula is C11H19P. The zero-order valence-electron chi connectivity index (χ0n) is 7.97. The Bertz CT molecular complexity index is 187. The summed E-state index contributed by atoms with van der Waals surface area (Å²) >= 11 is 0. The van der Waals surface area contributed by atoms with Gasteiger partial charge in [0, 0.05) is 0 Å². The first-order valence-electron chi connectivity index (χ1n) is 5.36. The summed E-state index contributed by atoms with van der Waals surface area (Å²) in [6.45, 7) is 2.53. The minimum absolute atomic E-state index is 0.679. The molecule has 0 aromatic heterocycles. The van der Waals surface area contributed by atoms with Crippen LogP contribution in [-0.4, -0.2) is 5.16 Å². The molecule has 0 N–H and O–H groups in total. The molecule has 4 bridgehead atoms. The van der Waals surface area contributed by atoms with E-state index < -0.39 is 0 Å². The molecule has 3 atom stereocenters. The van der Waals surface area contributed by atoms with Crippen LogP contribution in [0.25, 0.3) is 0 Å². The van der Waals surface area contributed by atoms with Crippen molar-refractivity contribution in [3.8, 4) is 0 Å². The first kappa shape index (κ1) is 7.80. The Balaban J connectivity index is 1.98. The second-order valence-electron chi connectivity index (χ2n) is 6.13. The van der Waals surface area contributed by atoms with E-state index in [0.29, 0.717) is 5.16 Å². The average molecular weight is 182 g/mol. The third-order valence-corrected chi connectivity index (χ3v) is 5.07. The lowest BCUT2D eigenvalue weighted by molar-refractivity contribution is -0.0256. The molecule has 68 valence electrons. The Hall–Kier alpha value is 0.430. The van der Waals surface area contributed by atoms with E-state index >= 15 is 0 Å². The molecule has 0 heterocycles. The second-order valence-corrected chi connectivity index (χ2v) is 7.36. The van der Waals surface area contributed by atoms with Crippen LogP contribution in [0, 0.1) is 17.3 Å². The summed E-state index contributed by atoms with van der Waals surface area (Å²) in [6, 6.07) is 0. The normalized spacial score (nSPS) is 62.5. The van der Waals surface area contributed by atoms with Crippen LogP contribution in [0.4, 0.5) is 0 Å². The summed E-state index contributed by atoms with van der Waals surface area (Å²) in [5.41, 5.74) is 0.742. The highest BCUT2D eigenvalue weighted by Crippen LogP contribution is 2.64. The zero-order chi connectivity index (χ0) is 8.40. The lowest BCUT2D eigenvalue weighted by Gasteiger charge is -2.60. The van der Waals surface area contributed by atoms with Crippen molar-refractivity contribution < 1.29 is 0 Å². The first-order chi connectivity index (χ1) is 5.57. The average Bonchev–Trinajstić information content (AvgIpc) is 1.75. The fraction of sp³-hybridized carbons (Fsp3) is 1.00. The molecular weight excluding hydrogens is 163 g/mol. The van der Waals surface area contributed by atoms with E-state index in [1.165, 1.54) is 19.3 Å². The molecule has 4 saturated carbocycles. The van der Waals surface area contributed by atoms with Gasteiger partial charge >= 0.3 is 0 Å². The summed E-state index contributed by atoms with van der Waals surface area (Å²) in [5, 5.41) is 0.679. The van der Waals surface area contributed by atoms with Crippen LogP contribution < -0.4 is 0 Å². The van der Waals surface area contributed by atoms with Gasteiger partial charge in [0.15, 0.2) is 0 Å². The highest BCUT2D eigenvalue weighted by Gasteiger charge is 2.53. The van der Waals surface area contributed by atoms with Crippen molar-refractivity contribution in [2.24, 2.45) is 17.3 Å². The van der Waals surface area contributed by atoms with Gasteiger partial charge in [-0.15, -0.1) is 9.24 Å². The Morgan fingerprint density at radius 3 is 2.08 bits per heavy atom. The van der Waals surface area contributed by atoms with Gasteiger partial charge in [-0.05, 0) is 60.9 Å². The molecule has 1 heteroatoms. The van der Waals surface area contributed by atoms with Crippen LogP contribution in [0.15, 0.2) is 0 Å². The lowest BCUT2D eigenvalue weighted by atomic mass is 9.50. The SMILES string of the molecule is CC12CC3CC(C1)CC(P)(C3)C2. The van der Waals surface area contributed by atoms with E-state index in [0.717, 1.165) is 17.3 Å². The van der Waals surface area contributed by atoms with Crippen molar-refractivity contribution in [3.63, 3.8) is 0 Å². The monoisotopic (exact) mass is 182 g/mol. The van der Waals surface area contributed by atoms with Gasteiger partial charge in [0.1, 0.15) is 0 Å². The Labute approximate surface area is 77.7 Å². The summed E-state index contributed by atoms with van der Waals surface area (Å²) in [6.07, 6.45) is 9.18. The maximum Gasteiger partial charge on any atom is -0.0140 e. The molecule has 4 aliphatic carbocycles. The van der Waals surface area contributed by atoms with Crippen LogP contribution in [-0.2, 0) is 0 Å². The predicted molar refractivity (Wildman–Crippen MR) is 55.2 cm³/mol. The molecule has 0 aromatic carbocycles. The summed E-state index contributed by atoms with van der Waals surface area (Å²) in [5.74, 6) is 2.18. The van der Waals surface area contributed by atoms with E-state index in [1.54, 1.807) is 19.3 Å². The van der Waals surface area contributed by atoms with E-state index in [4.69, 9.17) is 0 Å². The largest absolute Gasteiger partial charge is 0.131 e. The molecule has 0 nitrogen and oxygen atoms in total. The van der Waals surface area contributed by atoms with Crippen molar-refractivity contribution in [2.45, 2.75) is 50.6 Å². The first-order valence-corrected chi connectivity index (χ1v) is 5.94. The topological polar surface area (TPSA) is 0 Å². The molecule has 4 fully saturated rings. The van der Waals surface area contributed by atoms with Crippen LogP contribution in [0.5, 0.6) is 0 Å². The maximum absolute atomic E-state index is 3.19. The van der Waals surface area contributed by atoms with Gasteiger partial charge in [-0.2, -0.15) is 0 Å². The van der Waals surface area contributed by atoms with E-state index in [9.17, 15) is 0 Å². The smallest absolute Gasteiger partial charge is 0.0140 e. The third kappa shape index (κ3) is 1.00. The molecule has 0 radical (unpaired) electrons. The van der Waals surface area contributed by atoms with Crippen LogP contribution in [0.2, 0.25) is 0 Å². The van der Waals surface area contributed by atoms with Crippen molar-refractivity contribution in [3.05, 3.63) is 0 Å². The molecule has 0 aliphatic heterocycles. The molecule has 0 amide bonds. The predicted octanol–water partition coefficient (Wildman–Crippen LogP) is 3.22. The van der Waals surface area contributed by atoms with Gasteiger partial charge < -0.3 is 0 Å². The molecule has 0 aromatic rings. The Morgan fingerprint density at radius 2 is 1.67 bits per heavy atom. The Morgan fingerprint density at radius 1 is 1.08 bits per heavy atom. The highest BCUT2D eigenvalue weighted by molar-refractivity contribution is 7.19. The van der Waals surface area contributed by atoms with Crippen LogP contribution in [0.3, 0.4) is 0 Å². The molecule has 0 saturated heterocycles. The van der Waals surface area contributed by atoms with E-state index in [1.807, 2.05) is 0 Å². The van der Waals surface area contributed by atoms with Gasteiger partial charge in [0.2, 0.25) is 0 Å². The molecule has 4 rings (SSSR count). The fourth-order valence-electron chi connectivity index (χ4n) is 4.80.